The Hall–Kier alpha value is -2.74. The zero-order valence-corrected chi connectivity index (χ0v) is 17.2. The number of aliphatic hydroxyl groups is 1. The van der Waals surface area contributed by atoms with Crippen LogP contribution in [0.4, 0.5) is 14.5 Å². The summed E-state index contributed by atoms with van der Waals surface area (Å²) in [7, 11) is 0. The van der Waals surface area contributed by atoms with Crippen LogP contribution >= 0.6 is 34.5 Å². The lowest BCUT2D eigenvalue weighted by atomic mass is 9.99. The third-order valence-corrected chi connectivity index (χ3v) is 6.28. The maximum Gasteiger partial charge on any atom is 0.300 e. The number of thiophene rings is 1. The highest BCUT2D eigenvalue weighted by Gasteiger charge is 2.48. The molecule has 1 N–H and O–H groups in total. The number of carbonyl (C=O) groups is 2. The van der Waals surface area contributed by atoms with Crippen molar-refractivity contribution in [1.82, 2.24) is 0 Å². The number of hydrogen-bond donors (Lipinski definition) is 1. The molecule has 1 amide bonds. The van der Waals surface area contributed by atoms with Gasteiger partial charge in [0.1, 0.15) is 23.4 Å². The SMILES string of the molecule is O=C1C(=O)N(c2cc(F)ccc2F)C(c2cccs2)/C1=C(/O)c1ccc(Cl)c(Cl)c1. The summed E-state index contributed by atoms with van der Waals surface area (Å²) in [5.74, 6) is -4.26. The number of rotatable bonds is 3. The van der Waals surface area contributed by atoms with Crippen molar-refractivity contribution < 1.29 is 23.5 Å². The maximum atomic E-state index is 14.5. The largest absolute Gasteiger partial charge is 0.507 e. The molecule has 1 aliphatic rings. The number of amides is 1. The fraction of sp³-hybridized carbons (Fsp3) is 0.0476. The summed E-state index contributed by atoms with van der Waals surface area (Å²) in [5, 5.41) is 13.0. The molecule has 1 aromatic heterocycles. The molecule has 2 heterocycles. The monoisotopic (exact) mass is 465 g/mol. The number of benzene rings is 2. The second kappa shape index (κ2) is 7.83. The van der Waals surface area contributed by atoms with Crippen LogP contribution in [0.5, 0.6) is 0 Å². The van der Waals surface area contributed by atoms with Crippen molar-refractivity contribution in [2.45, 2.75) is 6.04 Å². The molecule has 4 rings (SSSR count). The van der Waals surface area contributed by atoms with E-state index < -0.39 is 40.8 Å². The van der Waals surface area contributed by atoms with E-state index in [0.717, 1.165) is 23.1 Å². The Bertz CT molecular complexity index is 1210. The minimum Gasteiger partial charge on any atom is -0.507 e. The van der Waals surface area contributed by atoms with Gasteiger partial charge >= 0.3 is 0 Å². The number of nitrogens with zero attached hydrogens (tertiary/aromatic N) is 1. The Morgan fingerprint density at radius 2 is 1.80 bits per heavy atom. The van der Waals surface area contributed by atoms with Crippen LogP contribution in [0.25, 0.3) is 5.76 Å². The van der Waals surface area contributed by atoms with E-state index in [1.165, 1.54) is 29.5 Å². The van der Waals surface area contributed by atoms with E-state index in [2.05, 4.69) is 0 Å². The van der Waals surface area contributed by atoms with Gasteiger partial charge in [-0.2, -0.15) is 0 Å². The van der Waals surface area contributed by atoms with Gasteiger partial charge in [-0.05, 0) is 41.8 Å². The first-order chi connectivity index (χ1) is 14.3. The third kappa shape index (κ3) is 3.39. The second-order valence-corrected chi connectivity index (χ2v) is 8.20. The highest BCUT2D eigenvalue weighted by Crippen LogP contribution is 2.44. The molecule has 0 aliphatic carbocycles. The molecule has 30 heavy (non-hydrogen) atoms. The molecule has 1 aliphatic heterocycles. The van der Waals surface area contributed by atoms with Crippen molar-refractivity contribution in [3.8, 4) is 0 Å². The minimum absolute atomic E-state index is 0.138. The Morgan fingerprint density at radius 3 is 2.47 bits per heavy atom. The molecule has 9 heteroatoms. The molecule has 1 fully saturated rings. The van der Waals surface area contributed by atoms with E-state index in [9.17, 15) is 23.5 Å². The minimum atomic E-state index is -1.14. The standard InChI is InChI=1S/C21H11Cl2F2NO3S/c22-12-5-3-10(8-13(12)23)19(27)17-18(16-2-1-7-30-16)26(21(29)20(17)28)15-9-11(24)4-6-14(15)25/h1-9,18,27H/b19-17-. The first-order valence-corrected chi connectivity index (χ1v) is 10.2. The molecule has 0 radical (unpaired) electrons. The summed E-state index contributed by atoms with van der Waals surface area (Å²) >= 11 is 13.1. The topological polar surface area (TPSA) is 57.6 Å². The zero-order valence-electron chi connectivity index (χ0n) is 14.9. The van der Waals surface area contributed by atoms with Gasteiger partial charge in [-0.1, -0.05) is 29.3 Å². The molecule has 152 valence electrons. The summed E-state index contributed by atoms with van der Waals surface area (Å²) in [5.41, 5.74) is -0.503. The molecule has 1 unspecified atom stereocenters. The summed E-state index contributed by atoms with van der Waals surface area (Å²) in [6.45, 7) is 0. The number of ketones is 1. The molecule has 0 saturated carbocycles. The average Bonchev–Trinajstić information content (AvgIpc) is 3.33. The number of halogens is 4. The molecule has 2 aromatic carbocycles. The Balaban J connectivity index is 1.96. The quantitative estimate of drug-likeness (QED) is 0.295. The molecule has 0 bridgehead atoms. The molecular weight excluding hydrogens is 455 g/mol. The van der Waals surface area contributed by atoms with Crippen LogP contribution in [-0.2, 0) is 9.59 Å². The maximum absolute atomic E-state index is 14.5. The molecule has 1 saturated heterocycles. The lowest BCUT2D eigenvalue weighted by molar-refractivity contribution is -0.132. The molecule has 0 spiro atoms. The lowest BCUT2D eigenvalue weighted by Crippen LogP contribution is -2.30. The van der Waals surface area contributed by atoms with Gasteiger partial charge in [0.05, 0.1) is 21.3 Å². The van der Waals surface area contributed by atoms with Crippen molar-refractivity contribution in [2.75, 3.05) is 4.90 Å². The van der Waals surface area contributed by atoms with Crippen molar-refractivity contribution in [3.05, 3.63) is 91.6 Å². The van der Waals surface area contributed by atoms with E-state index >= 15 is 0 Å². The van der Waals surface area contributed by atoms with Gasteiger partial charge in [0.2, 0.25) is 0 Å². The molecule has 1 atom stereocenters. The van der Waals surface area contributed by atoms with Crippen LogP contribution in [0, 0.1) is 11.6 Å². The van der Waals surface area contributed by atoms with Crippen LogP contribution in [0.3, 0.4) is 0 Å². The van der Waals surface area contributed by atoms with E-state index in [1.54, 1.807) is 17.5 Å². The van der Waals surface area contributed by atoms with Gasteiger partial charge in [-0.25, -0.2) is 8.78 Å². The summed E-state index contributed by atoms with van der Waals surface area (Å²) < 4.78 is 28.3. The van der Waals surface area contributed by atoms with Gasteiger partial charge in [0, 0.05) is 16.5 Å². The van der Waals surface area contributed by atoms with Crippen LogP contribution in [0.1, 0.15) is 16.5 Å². The molecular formula is C21H11Cl2F2NO3S. The van der Waals surface area contributed by atoms with Gasteiger partial charge in [0.15, 0.2) is 0 Å². The predicted octanol–water partition coefficient (Wildman–Crippen LogP) is 5.96. The fourth-order valence-corrected chi connectivity index (χ4v) is 4.39. The molecule has 3 aromatic rings. The highest BCUT2D eigenvalue weighted by molar-refractivity contribution is 7.10. The van der Waals surface area contributed by atoms with E-state index in [1.807, 2.05) is 0 Å². The fourth-order valence-electron chi connectivity index (χ4n) is 3.27. The number of aliphatic hydroxyl groups excluding tert-OH is 1. The zero-order chi connectivity index (χ0) is 21.6. The van der Waals surface area contributed by atoms with E-state index in [-0.39, 0.29) is 21.2 Å². The summed E-state index contributed by atoms with van der Waals surface area (Å²) in [6, 6.07) is 9.00. The average molecular weight is 466 g/mol. The Labute approximate surface area is 183 Å². The predicted molar refractivity (Wildman–Crippen MR) is 112 cm³/mol. The van der Waals surface area contributed by atoms with Crippen molar-refractivity contribution >= 4 is 57.7 Å². The highest BCUT2D eigenvalue weighted by atomic mass is 35.5. The van der Waals surface area contributed by atoms with Gasteiger partial charge in [-0.3, -0.25) is 14.5 Å². The third-order valence-electron chi connectivity index (χ3n) is 4.62. The van der Waals surface area contributed by atoms with Crippen LogP contribution in [0.15, 0.2) is 59.5 Å². The first kappa shape index (κ1) is 20.5. The number of anilines is 1. The van der Waals surface area contributed by atoms with Gasteiger partial charge < -0.3 is 5.11 Å². The molecule has 4 nitrogen and oxygen atoms in total. The van der Waals surface area contributed by atoms with Crippen LogP contribution in [0.2, 0.25) is 10.0 Å². The van der Waals surface area contributed by atoms with Gasteiger partial charge in [-0.15, -0.1) is 11.3 Å². The van der Waals surface area contributed by atoms with Crippen molar-refractivity contribution in [3.63, 3.8) is 0 Å². The second-order valence-electron chi connectivity index (χ2n) is 6.41. The normalized spacial score (nSPS) is 18.3. The number of carbonyl (C=O) groups excluding carboxylic acids is 2. The van der Waals surface area contributed by atoms with E-state index in [4.69, 9.17) is 23.2 Å². The van der Waals surface area contributed by atoms with Crippen LogP contribution in [-0.4, -0.2) is 16.8 Å². The van der Waals surface area contributed by atoms with Crippen molar-refractivity contribution in [2.24, 2.45) is 0 Å². The first-order valence-electron chi connectivity index (χ1n) is 8.54. The smallest absolute Gasteiger partial charge is 0.300 e. The Kier molecular flexibility index (Phi) is 5.36. The van der Waals surface area contributed by atoms with Crippen LogP contribution < -0.4 is 4.90 Å². The number of hydrogen-bond acceptors (Lipinski definition) is 4. The van der Waals surface area contributed by atoms with E-state index in [0.29, 0.717) is 4.88 Å². The number of Topliss-reactive ketones (excluding diaryl/α,β-unsaturated/α-hetero) is 1. The summed E-state index contributed by atoms with van der Waals surface area (Å²) in [6.07, 6.45) is 0. The van der Waals surface area contributed by atoms with Gasteiger partial charge in [0.25, 0.3) is 11.7 Å². The Morgan fingerprint density at radius 1 is 1.03 bits per heavy atom. The van der Waals surface area contributed by atoms with Crippen molar-refractivity contribution in [1.29, 1.82) is 0 Å². The summed E-state index contributed by atoms with van der Waals surface area (Å²) in [4.78, 5) is 27.1. The lowest BCUT2D eigenvalue weighted by Gasteiger charge is -2.24.